The first-order valence-corrected chi connectivity index (χ1v) is 8.42. The first-order chi connectivity index (χ1) is 12.3. The van der Waals surface area contributed by atoms with Gasteiger partial charge in [0.25, 0.3) is 0 Å². The fourth-order valence-corrected chi connectivity index (χ4v) is 3.45. The summed E-state index contributed by atoms with van der Waals surface area (Å²) in [7, 11) is 0.844. The zero-order valence-electron chi connectivity index (χ0n) is 13.9. The van der Waals surface area contributed by atoms with Gasteiger partial charge in [-0.2, -0.15) is 0 Å². The molecule has 1 aromatic heterocycles. The summed E-state index contributed by atoms with van der Waals surface area (Å²) in [5, 5.41) is 1.12. The first kappa shape index (κ1) is 14.2. The molecule has 4 heteroatoms. The van der Waals surface area contributed by atoms with Gasteiger partial charge >= 0.3 is 0 Å². The lowest BCUT2D eigenvalue weighted by atomic mass is 9.63. The van der Waals surface area contributed by atoms with Crippen molar-refractivity contribution >= 4 is 29.2 Å². The minimum Gasteiger partial charge on any atom is -0.457 e. The largest absolute Gasteiger partial charge is 0.457 e. The zero-order chi connectivity index (χ0) is 16.8. The molecule has 0 fully saturated rings. The average Bonchev–Trinajstić information content (AvgIpc) is 2.99. The molecule has 0 bridgehead atoms. The number of benzene rings is 3. The van der Waals surface area contributed by atoms with Crippen LogP contribution < -0.4 is 20.5 Å². The van der Waals surface area contributed by atoms with E-state index in [1.807, 2.05) is 48.5 Å². The summed E-state index contributed by atoms with van der Waals surface area (Å²) >= 11 is 0. The minimum absolute atomic E-state index is 0.797. The first-order valence-electron chi connectivity index (χ1n) is 8.42. The second kappa shape index (κ2) is 5.45. The van der Waals surface area contributed by atoms with Crippen LogP contribution >= 0.6 is 0 Å². The van der Waals surface area contributed by atoms with E-state index in [1.165, 1.54) is 11.0 Å². The van der Waals surface area contributed by atoms with Gasteiger partial charge in [0.15, 0.2) is 0 Å². The number of nitrogens with one attached hydrogen (secondary N) is 1. The van der Waals surface area contributed by atoms with Gasteiger partial charge in [-0.15, -0.1) is 0 Å². The fraction of sp³-hybridized carbons (Fsp3) is 0.0476. The van der Waals surface area contributed by atoms with Gasteiger partial charge in [0.05, 0.1) is 0 Å². The average molecular weight is 325 g/mol. The predicted octanol–water partition coefficient (Wildman–Crippen LogP) is 3.76. The van der Waals surface area contributed by atoms with Crippen LogP contribution in [0.5, 0.6) is 23.0 Å². The van der Waals surface area contributed by atoms with Crippen LogP contribution in [0.4, 0.5) is 0 Å². The normalized spacial score (nSPS) is 12.0. The second-order valence-corrected chi connectivity index (χ2v) is 6.39. The van der Waals surface area contributed by atoms with E-state index in [0.29, 0.717) is 0 Å². The molecule has 1 aliphatic rings. The highest BCUT2D eigenvalue weighted by atomic mass is 16.5. The van der Waals surface area contributed by atoms with Gasteiger partial charge in [-0.05, 0) is 48.3 Å². The number of hydrogen-bond acceptors (Lipinski definition) is 2. The Hall–Kier alpha value is -3.14. The molecule has 2 heterocycles. The highest BCUT2D eigenvalue weighted by molar-refractivity contribution is 6.70. The maximum absolute atomic E-state index is 6.28. The molecule has 0 unspecified atom stereocenters. The highest BCUT2D eigenvalue weighted by Gasteiger charge is 2.24. The van der Waals surface area contributed by atoms with Crippen molar-refractivity contribution in [1.82, 2.24) is 4.98 Å². The Kier molecular flexibility index (Phi) is 3.10. The summed E-state index contributed by atoms with van der Waals surface area (Å²) in [5.41, 5.74) is 4.62. The van der Waals surface area contributed by atoms with Crippen molar-refractivity contribution in [1.29, 1.82) is 0 Å². The van der Waals surface area contributed by atoms with Crippen LogP contribution in [-0.2, 0) is 0 Å². The Bertz CT molecular complexity index is 1090. The minimum atomic E-state index is 0.797. The van der Waals surface area contributed by atoms with E-state index in [0.717, 1.165) is 46.8 Å². The number of aryl methyl sites for hydroxylation is 1. The molecule has 0 spiro atoms. The second-order valence-electron chi connectivity index (χ2n) is 6.39. The van der Waals surface area contributed by atoms with Crippen molar-refractivity contribution in [3.8, 4) is 23.0 Å². The number of H-pyrrole nitrogens is 1. The van der Waals surface area contributed by atoms with Gasteiger partial charge in [-0.1, -0.05) is 30.3 Å². The topological polar surface area (TPSA) is 34.2 Å². The van der Waals surface area contributed by atoms with Crippen LogP contribution in [0.25, 0.3) is 10.9 Å². The number of aromatic nitrogens is 1. The molecule has 3 aromatic carbocycles. The standard InChI is InChI=1S/C21H16BNO2/c1-13-11-15(24-14-7-3-2-4-8-14)12-18-19(13)22-21-20(25-18)16-9-5-6-10-17(16)23-21/h2-12,22-23H,1H3. The Morgan fingerprint density at radius 1 is 0.920 bits per heavy atom. The van der Waals surface area contributed by atoms with Crippen LogP contribution in [-0.4, -0.2) is 12.3 Å². The van der Waals surface area contributed by atoms with E-state index in [2.05, 4.69) is 30.1 Å². The summed E-state index contributed by atoms with van der Waals surface area (Å²) in [6, 6.07) is 22.1. The lowest BCUT2D eigenvalue weighted by Crippen LogP contribution is -2.35. The van der Waals surface area contributed by atoms with Crippen molar-refractivity contribution in [2.24, 2.45) is 0 Å². The molecule has 25 heavy (non-hydrogen) atoms. The third-order valence-corrected chi connectivity index (χ3v) is 4.68. The van der Waals surface area contributed by atoms with E-state index < -0.39 is 0 Å². The molecule has 3 nitrogen and oxygen atoms in total. The fourth-order valence-electron chi connectivity index (χ4n) is 3.45. The van der Waals surface area contributed by atoms with E-state index in [-0.39, 0.29) is 0 Å². The van der Waals surface area contributed by atoms with Crippen molar-refractivity contribution in [2.75, 3.05) is 0 Å². The summed E-state index contributed by atoms with van der Waals surface area (Å²) in [6.07, 6.45) is 0. The summed E-state index contributed by atoms with van der Waals surface area (Å²) in [4.78, 5) is 3.48. The number of fused-ring (bicyclic) bond motifs is 4. The van der Waals surface area contributed by atoms with Gasteiger partial charge in [0.1, 0.15) is 23.0 Å². The zero-order valence-corrected chi connectivity index (χ0v) is 13.9. The number of ether oxygens (including phenoxy) is 2. The summed E-state index contributed by atoms with van der Waals surface area (Å²) in [5.74, 6) is 3.43. The Morgan fingerprint density at radius 2 is 1.72 bits per heavy atom. The third kappa shape index (κ3) is 2.38. The maximum Gasteiger partial charge on any atom is 0.223 e. The van der Waals surface area contributed by atoms with Crippen LogP contribution in [0.15, 0.2) is 66.7 Å². The molecule has 120 valence electrons. The molecule has 0 aliphatic carbocycles. The third-order valence-electron chi connectivity index (χ3n) is 4.68. The SMILES string of the molecule is Cc1cc(Oc2ccccc2)cc2c1Bc1[nH]c3ccccc3c1O2. The quantitative estimate of drug-likeness (QED) is 0.502. The number of para-hydroxylation sites is 2. The van der Waals surface area contributed by atoms with Crippen molar-refractivity contribution in [3.05, 3.63) is 72.3 Å². The van der Waals surface area contributed by atoms with E-state index >= 15 is 0 Å². The van der Waals surface area contributed by atoms with E-state index in [4.69, 9.17) is 9.47 Å². The van der Waals surface area contributed by atoms with Crippen molar-refractivity contribution in [3.63, 3.8) is 0 Å². The van der Waals surface area contributed by atoms with Gasteiger partial charge in [0, 0.05) is 22.6 Å². The summed E-state index contributed by atoms with van der Waals surface area (Å²) < 4.78 is 12.3. The van der Waals surface area contributed by atoms with Gasteiger partial charge < -0.3 is 14.5 Å². The smallest absolute Gasteiger partial charge is 0.223 e. The number of hydrogen-bond donors (Lipinski definition) is 1. The Labute approximate surface area is 146 Å². The lowest BCUT2D eigenvalue weighted by molar-refractivity contribution is 0.464. The van der Waals surface area contributed by atoms with E-state index in [1.54, 1.807) is 0 Å². The molecular weight excluding hydrogens is 309 g/mol. The molecule has 4 aromatic rings. The molecular formula is C21H16BNO2. The van der Waals surface area contributed by atoms with Crippen LogP contribution in [0.2, 0.25) is 0 Å². The van der Waals surface area contributed by atoms with Gasteiger partial charge in [0.2, 0.25) is 7.28 Å². The van der Waals surface area contributed by atoms with Gasteiger partial charge in [-0.3, -0.25) is 0 Å². The summed E-state index contributed by atoms with van der Waals surface area (Å²) in [6.45, 7) is 2.10. The number of aromatic amines is 1. The van der Waals surface area contributed by atoms with Crippen molar-refractivity contribution in [2.45, 2.75) is 6.92 Å². The van der Waals surface area contributed by atoms with Crippen molar-refractivity contribution < 1.29 is 9.47 Å². The highest BCUT2D eigenvalue weighted by Crippen LogP contribution is 2.33. The molecule has 1 N–H and O–H groups in total. The molecule has 1 aliphatic heterocycles. The Morgan fingerprint density at radius 3 is 2.60 bits per heavy atom. The molecule has 0 atom stereocenters. The van der Waals surface area contributed by atoms with E-state index in [9.17, 15) is 0 Å². The lowest BCUT2D eigenvalue weighted by Gasteiger charge is -2.20. The van der Waals surface area contributed by atoms with Crippen LogP contribution in [0.3, 0.4) is 0 Å². The molecule has 0 amide bonds. The predicted molar refractivity (Wildman–Crippen MR) is 102 cm³/mol. The maximum atomic E-state index is 6.28. The van der Waals surface area contributed by atoms with Crippen LogP contribution in [0.1, 0.15) is 5.56 Å². The molecule has 0 saturated carbocycles. The van der Waals surface area contributed by atoms with Gasteiger partial charge in [-0.25, -0.2) is 0 Å². The monoisotopic (exact) mass is 325 g/mol. The Balaban J connectivity index is 1.56. The number of rotatable bonds is 2. The van der Waals surface area contributed by atoms with Crippen LogP contribution in [0, 0.1) is 6.92 Å². The molecule has 5 rings (SSSR count). The molecule has 0 radical (unpaired) electrons. The molecule has 0 saturated heterocycles.